The molecule has 3 unspecified atom stereocenters. The Bertz CT molecular complexity index is 572. The summed E-state index contributed by atoms with van der Waals surface area (Å²) in [6, 6.07) is 0. The van der Waals surface area contributed by atoms with Crippen molar-refractivity contribution in [1.82, 2.24) is 0 Å². The minimum atomic E-state index is -0.722. The van der Waals surface area contributed by atoms with E-state index in [2.05, 4.69) is 13.8 Å². The first-order valence-corrected chi connectivity index (χ1v) is 12.1. The topological polar surface area (TPSA) is 83.8 Å². The van der Waals surface area contributed by atoms with Crippen LogP contribution in [0.25, 0.3) is 0 Å². The molecule has 2 saturated carbocycles. The van der Waals surface area contributed by atoms with Gasteiger partial charge in [0.05, 0.1) is 17.9 Å². The fourth-order valence-corrected chi connectivity index (χ4v) is 5.60. The minimum Gasteiger partial charge on any atom is -0.481 e. The summed E-state index contributed by atoms with van der Waals surface area (Å²) >= 11 is 0. The summed E-state index contributed by atoms with van der Waals surface area (Å²) in [6.07, 6.45) is 10.1. The molecule has 2 aliphatic carbocycles. The number of aliphatic carboxylic acids is 1. The lowest BCUT2D eigenvalue weighted by atomic mass is 9.59. The lowest BCUT2D eigenvalue weighted by Crippen LogP contribution is -2.38. The summed E-state index contributed by atoms with van der Waals surface area (Å²) in [4.78, 5) is 21.7. The van der Waals surface area contributed by atoms with E-state index < -0.39 is 17.5 Å². The number of hydrogen-bond donors (Lipinski definition) is 2. The number of carbonyl (C=O) groups excluding carboxylic acids is 1. The maximum Gasteiger partial charge on any atom is 0.309 e. The summed E-state index contributed by atoms with van der Waals surface area (Å²) < 4.78 is 5.44. The molecule has 0 radical (unpaired) electrons. The van der Waals surface area contributed by atoms with Gasteiger partial charge in [-0.3, -0.25) is 9.59 Å². The highest BCUT2D eigenvalue weighted by atomic mass is 16.5. The Morgan fingerprint density at radius 2 is 1.80 bits per heavy atom. The van der Waals surface area contributed by atoms with Crippen molar-refractivity contribution in [3.05, 3.63) is 0 Å². The Hall–Kier alpha value is -1.10. The average Bonchev–Trinajstić information content (AvgIpc) is 2.67. The van der Waals surface area contributed by atoms with Gasteiger partial charge < -0.3 is 14.9 Å². The fourth-order valence-electron chi connectivity index (χ4n) is 5.60. The number of carboxylic acids is 1. The number of esters is 1. The first kappa shape index (κ1) is 25.2. The smallest absolute Gasteiger partial charge is 0.309 e. The van der Waals surface area contributed by atoms with Crippen LogP contribution in [-0.2, 0) is 14.3 Å². The molecular formula is C25H44O5. The second kappa shape index (κ2) is 11.0. The Balaban J connectivity index is 0.000000343. The Kier molecular flexibility index (Phi) is 9.20. The van der Waals surface area contributed by atoms with Gasteiger partial charge in [-0.1, -0.05) is 33.6 Å². The van der Waals surface area contributed by atoms with Crippen molar-refractivity contribution in [2.75, 3.05) is 0 Å². The largest absolute Gasteiger partial charge is 0.481 e. The Labute approximate surface area is 183 Å². The number of carbonyl (C=O) groups is 2. The van der Waals surface area contributed by atoms with Gasteiger partial charge in [0, 0.05) is 6.42 Å². The standard InChI is InChI=1S/C19H32O3.C6H12O2/c1-12-3-7-18-14(9-12)5-4-13(2)17(18)8-6-16-10-15(20)11-19(21)22-16;1-4-6(2,3)5(7)8/h12-18,20H,3-11H2,1-2H3;4H2,1-3H3,(H,7,8)/t12-,13-,14?,15?,16-,17+,18?;/m1./s1. The molecule has 5 heteroatoms. The van der Waals surface area contributed by atoms with Crippen molar-refractivity contribution in [1.29, 1.82) is 0 Å². The average molecular weight is 425 g/mol. The van der Waals surface area contributed by atoms with Gasteiger partial charge in [-0.25, -0.2) is 0 Å². The Morgan fingerprint density at radius 3 is 2.37 bits per heavy atom. The molecule has 174 valence electrons. The molecule has 0 aromatic rings. The van der Waals surface area contributed by atoms with Gasteiger partial charge in [0.25, 0.3) is 0 Å². The van der Waals surface area contributed by atoms with Crippen LogP contribution in [0.4, 0.5) is 0 Å². The monoisotopic (exact) mass is 424 g/mol. The molecule has 3 rings (SSSR count). The highest BCUT2D eigenvalue weighted by Crippen LogP contribution is 2.49. The Morgan fingerprint density at radius 1 is 1.10 bits per heavy atom. The molecule has 1 saturated heterocycles. The molecular weight excluding hydrogens is 380 g/mol. The van der Waals surface area contributed by atoms with E-state index in [1.807, 2.05) is 6.92 Å². The molecule has 3 aliphatic rings. The van der Waals surface area contributed by atoms with E-state index in [-0.39, 0.29) is 18.5 Å². The first-order chi connectivity index (χ1) is 14.0. The lowest BCUT2D eigenvalue weighted by Gasteiger charge is -2.47. The molecule has 1 heterocycles. The number of aliphatic hydroxyl groups is 1. The third-order valence-electron chi connectivity index (χ3n) is 8.10. The quantitative estimate of drug-likeness (QED) is 0.574. The molecule has 0 bridgehead atoms. The lowest BCUT2D eigenvalue weighted by molar-refractivity contribution is -0.160. The summed E-state index contributed by atoms with van der Waals surface area (Å²) in [5.74, 6) is 3.39. The van der Waals surface area contributed by atoms with E-state index in [9.17, 15) is 14.7 Å². The second-order valence-electron chi connectivity index (χ2n) is 10.9. The van der Waals surface area contributed by atoms with Crippen molar-refractivity contribution in [2.24, 2.45) is 35.0 Å². The third kappa shape index (κ3) is 6.96. The summed E-state index contributed by atoms with van der Waals surface area (Å²) in [7, 11) is 0. The van der Waals surface area contributed by atoms with E-state index in [0.717, 1.165) is 36.0 Å². The number of rotatable bonds is 5. The molecule has 3 fully saturated rings. The van der Waals surface area contributed by atoms with Crippen LogP contribution in [0.5, 0.6) is 0 Å². The van der Waals surface area contributed by atoms with Crippen LogP contribution >= 0.6 is 0 Å². The number of cyclic esters (lactones) is 1. The first-order valence-electron chi connectivity index (χ1n) is 12.1. The van der Waals surface area contributed by atoms with E-state index in [4.69, 9.17) is 9.84 Å². The molecule has 0 spiro atoms. The molecule has 2 N–H and O–H groups in total. The van der Waals surface area contributed by atoms with Gasteiger partial charge in [0.2, 0.25) is 0 Å². The van der Waals surface area contributed by atoms with Crippen molar-refractivity contribution in [3.8, 4) is 0 Å². The van der Waals surface area contributed by atoms with Crippen molar-refractivity contribution in [2.45, 2.75) is 111 Å². The molecule has 30 heavy (non-hydrogen) atoms. The van der Waals surface area contributed by atoms with Gasteiger partial charge in [-0.15, -0.1) is 0 Å². The van der Waals surface area contributed by atoms with Crippen molar-refractivity contribution < 1.29 is 24.5 Å². The maximum absolute atomic E-state index is 11.5. The normalized spacial score (nSPS) is 36.7. The van der Waals surface area contributed by atoms with Crippen LogP contribution in [0.15, 0.2) is 0 Å². The van der Waals surface area contributed by atoms with Gasteiger partial charge in [0.15, 0.2) is 0 Å². The number of aliphatic hydroxyl groups excluding tert-OH is 1. The number of hydrogen-bond acceptors (Lipinski definition) is 4. The van der Waals surface area contributed by atoms with Crippen LogP contribution in [0, 0.1) is 35.0 Å². The van der Waals surface area contributed by atoms with Gasteiger partial charge in [0.1, 0.15) is 6.10 Å². The molecule has 5 nitrogen and oxygen atoms in total. The van der Waals surface area contributed by atoms with Crippen LogP contribution in [-0.4, -0.2) is 34.4 Å². The predicted octanol–water partition coefficient (Wildman–Crippen LogP) is 5.44. The zero-order chi connectivity index (χ0) is 22.5. The van der Waals surface area contributed by atoms with Crippen LogP contribution in [0.3, 0.4) is 0 Å². The van der Waals surface area contributed by atoms with Crippen molar-refractivity contribution >= 4 is 11.9 Å². The van der Waals surface area contributed by atoms with Gasteiger partial charge in [-0.2, -0.15) is 0 Å². The van der Waals surface area contributed by atoms with Gasteiger partial charge in [-0.05, 0) is 82.0 Å². The zero-order valence-electron chi connectivity index (χ0n) is 19.7. The maximum atomic E-state index is 11.5. The van der Waals surface area contributed by atoms with E-state index in [0.29, 0.717) is 12.8 Å². The second-order valence-corrected chi connectivity index (χ2v) is 10.9. The number of ether oxygens (including phenoxy) is 1. The van der Waals surface area contributed by atoms with Gasteiger partial charge >= 0.3 is 11.9 Å². The summed E-state index contributed by atoms with van der Waals surface area (Å²) in [5, 5.41) is 18.2. The molecule has 0 aromatic heterocycles. The molecule has 1 aliphatic heterocycles. The van der Waals surface area contributed by atoms with Crippen LogP contribution in [0.1, 0.15) is 98.8 Å². The third-order valence-corrected chi connectivity index (χ3v) is 8.10. The predicted molar refractivity (Wildman–Crippen MR) is 118 cm³/mol. The van der Waals surface area contributed by atoms with Crippen LogP contribution in [0.2, 0.25) is 0 Å². The number of fused-ring (bicyclic) bond motifs is 1. The highest BCUT2D eigenvalue weighted by Gasteiger charge is 2.40. The molecule has 0 aromatic carbocycles. The fraction of sp³-hybridized carbons (Fsp3) is 0.920. The highest BCUT2D eigenvalue weighted by molar-refractivity contribution is 5.73. The SMILES string of the molecule is CCC(C)(C)C(=O)O.C[C@@H]1CCC2C(CC[C@@H](C)[C@@H]2CC[C@@H]2CC(O)CC(=O)O2)C1. The van der Waals surface area contributed by atoms with E-state index in [1.165, 1.54) is 38.5 Å². The van der Waals surface area contributed by atoms with E-state index in [1.54, 1.807) is 13.8 Å². The zero-order valence-corrected chi connectivity index (χ0v) is 19.7. The van der Waals surface area contributed by atoms with Crippen LogP contribution < -0.4 is 0 Å². The van der Waals surface area contributed by atoms with Crippen molar-refractivity contribution in [3.63, 3.8) is 0 Å². The van der Waals surface area contributed by atoms with E-state index >= 15 is 0 Å². The molecule has 0 amide bonds. The number of carboxylic acid groups (broad SMARTS) is 1. The summed E-state index contributed by atoms with van der Waals surface area (Å²) in [5.41, 5.74) is -0.542. The molecule has 7 atom stereocenters. The minimum absolute atomic E-state index is 0.0497. The summed E-state index contributed by atoms with van der Waals surface area (Å²) in [6.45, 7) is 10.1.